The summed E-state index contributed by atoms with van der Waals surface area (Å²) in [7, 11) is 0. The summed E-state index contributed by atoms with van der Waals surface area (Å²) >= 11 is 7.21. The Balaban J connectivity index is 1.69. The van der Waals surface area contributed by atoms with Gasteiger partial charge in [-0.3, -0.25) is 4.79 Å². The number of hydrogen-bond donors (Lipinski definition) is 1. The van der Waals surface area contributed by atoms with E-state index in [0.717, 1.165) is 0 Å². The van der Waals surface area contributed by atoms with Gasteiger partial charge in [-0.1, -0.05) is 23.7 Å². The topological polar surface area (TPSA) is 65.8 Å². The summed E-state index contributed by atoms with van der Waals surface area (Å²) < 4.78 is 13.3. The van der Waals surface area contributed by atoms with Crippen molar-refractivity contribution in [2.24, 2.45) is 0 Å². The van der Waals surface area contributed by atoms with Gasteiger partial charge in [-0.2, -0.15) is 5.26 Å². The monoisotopic (exact) mass is 371 g/mol. The second kappa shape index (κ2) is 7.43. The predicted octanol–water partition coefficient (Wildman–Crippen LogP) is 4.66. The number of benzene rings is 2. The van der Waals surface area contributed by atoms with Gasteiger partial charge in [0.2, 0.25) is 5.91 Å². The maximum Gasteiger partial charge on any atom is 0.230 e. The lowest BCUT2D eigenvalue weighted by Gasteiger charge is -2.05. The first kappa shape index (κ1) is 17.1. The highest BCUT2D eigenvalue weighted by Gasteiger charge is 2.11. The number of nitriles is 1. The predicted molar refractivity (Wildman–Crippen MR) is 96.0 cm³/mol. The molecule has 0 saturated heterocycles. The van der Waals surface area contributed by atoms with Gasteiger partial charge >= 0.3 is 0 Å². The zero-order valence-corrected chi connectivity index (χ0v) is 14.4. The van der Waals surface area contributed by atoms with Crippen molar-refractivity contribution in [2.45, 2.75) is 6.42 Å². The van der Waals surface area contributed by atoms with Crippen molar-refractivity contribution in [3.8, 4) is 16.6 Å². The van der Waals surface area contributed by atoms with E-state index in [1.165, 1.54) is 29.5 Å². The lowest BCUT2D eigenvalue weighted by molar-refractivity contribution is -0.115. The zero-order chi connectivity index (χ0) is 17.8. The van der Waals surface area contributed by atoms with E-state index in [1.807, 2.05) is 6.07 Å². The van der Waals surface area contributed by atoms with Crippen LogP contribution in [0.3, 0.4) is 0 Å². The molecule has 2 aromatic carbocycles. The van der Waals surface area contributed by atoms with Gasteiger partial charge in [0, 0.05) is 16.6 Å². The van der Waals surface area contributed by atoms with E-state index in [-0.39, 0.29) is 18.1 Å². The van der Waals surface area contributed by atoms with Gasteiger partial charge in [0.15, 0.2) is 0 Å². The molecule has 4 nitrogen and oxygen atoms in total. The summed E-state index contributed by atoms with van der Waals surface area (Å²) in [6.45, 7) is 0. The molecule has 0 radical (unpaired) electrons. The first-order chi connectivity index (χ1) is 12.0. The average Bonchev–Trinajstić information content (AvgIpc) is 3.05. The molecule has 7 heteroatoms. The fourth-order valence-electron chi connectivity index (χ4n) is 2.20. The Bertz CT molecular complexity index is 980. The number of halogens is 2. The highest BCUT2D eigenvalue weighted by Crippen LogP contribution is 2.25. The van der Waals surface area contributed by atoms with Gasteiger partial charge in [-0.05, 0) is 30.3 Å². The number of carbonyl (C=O) groups excluding carboxylic acids is 1. The molecular formula is C18H11ClFN3OS. The number of thiazole rings is 1. The van der Waals surface area contributed by atoms with Crippen LogP contribution in [0.5, 0.6) is 0 Å². The summed E-state index contributed by atoms with van der Waals surface area (Å²) in [5.74, 6) is -0.592. The first-order valence-electron chi connectivity index (χ1n) is 7.25. The zero-order valence-electron chi connectivity index (χ0n) is 12.8. The highest BCUT2D eigenvalue weighted by atomic mass is 35.5. The van der Waals surface area contributed by atoms with Crippen molar-refractivity contribution in [3.05, 3.63) is 69.9 Å². The average molecular weight is 372 g/mol. The molecule has 1 heterocycles. The molecule has 0 spiro atoms. The molecular weight excluding hydrogens is 361 g/mol. The molecule has 0 aliphatic carbocycles. The Morgan fingerprint density at radius 3 is 2.92 bits per heavy atom. The third-order valence-electron chi connectivity index (χ3n) is 3.34. The lowest BCUT2D eigenvalue weighted by Crippen LogP contribution is -2.14. The second-order valence-electron chi connectivity index (χ2n) is 5.19. The summed E-state index contributed by atoms with van der Waals surface area (Å²) in [4.78, 5) is 16.5. The Kier molecular flexibility index (Phi) is 5.08. The minimum atomic E-state index is -0.331. The van der Waals surface area contributed by atoms with Crippen LogP contribution in [0.4, 0.5) is 10.1 Å². The number of nitrogens with zero attached hydrogens (tertiary/aromatic N) is 2. The Hall–Kier alpha value is -2.75. The van der Waals surface area contributed by atoms with E-state index in [9.17, 15) is 9.18 Å². The summed E-state index contributed by atoms with van der Waals surface area (Å²) in [5, 5.41) is 14.4. The summed E-state index contributed by atoms with van der Waals surface area (Å²) in [5.41, 5.74) is 2.05. The van der Waals surface area contributed by atoms with Gasteiger partial charge in [0.1, 0.15) is 16.9 Å². The van der Waals surface area contributed by atoms with Crippen LogP contribution in [0.2, 0.25) is 5.02 Å². The summed E-state index contributed by atoms with van der Waals surface area (Å²) in [6, 6.07) is 12.8. The van der Waals surface area contributed by atoms with Crippen LogP contribution < -0.4 is 5.32 Å². The number of hydrogen-bond acceptors (Lipinski definition) is 4. The van der Waals surface area contributed by atoms with E-state index in [2.05, 4.69) is 10.3 Å². The van der Waals surface area contributed by atoms with Crippen LogP contribution in [-0.4, -0.2) is 10.9 Å². The normalized spacial score (nSPS) is 10.3. The van der Waals surface area contributed by atoms with Gasteiger partial charge < -0.3 is 5.32 Å². The molecule has 3 rings (SSSR count). The van der Waals surface area contributed by atoms with Crippen molar-refractivity contribution < 1.29 is 9.18 Å². The molecule has 0 aliphatic rings. The first-order valence-corrected chi connectivity index (χ1v) is 8.51. The largest absolute Gasteiger partial charge is 0.326 e. The summed E-state index contributed by atoms with van der Waals surface area (Å²) in [6.07, 6.45) is 0.0797. The number of rotatable bonds is 4. The standard InChI is InChI=1S/C18H11ClFN3OS/c19-16-5-4-14(7-12(16)9-21)22-17(24)8-15-10-25-18(23-15)11-2-1-3-13(20)6-11/h1-7,10H,8H2,(H,22,24). The third kappa shape index (κ3) is 4.21. The number of carbonyl (C=O) groups is 1. The molecule has 3 aromatic rings. The smallest absolute Gasteiger partial charge is 0.230 e. The minimum absolute atomic E-state index is 0.0797. The molecule has 1 aromatic heterocycles. The SMILES string of the molecule is N#Cc1cc(NC(=O)Cc2csc(-c3cccc(F)c3)n2)ccc1Cl. The quantitative estimate of drug-likeness (QED) is 0.725. The Morgan fingerprint density at radius 2 is 2.16 bits per heavy atom. The maximum absolute atomic E-state index is 13.3. The fourth-order valence-corrected chi connectivity index (χ4v) is 3.18. The molecule has 25 heavy (non-hydrogen) atoms. The molecule has 0 atom stereocenters. The third-order valence-corrected chi connectivity index (χ3v) is 4.61. The maximum atomic E-state index is 13.3. The van der Waals surface area contributed by atoms with Gasteiger partial charge in [0.05, 0.1) is 22.7 Å². The van der Waals surface area contributed by atoms with Gasteiger partial charge in [-0.25, -0.2) is 9.37 Å². The molecule has 1 N–H and O–H groups in total. The van der Waals surface area contributed by atoms with Crippen molar-refractivity contribution in [3.63, 3.8) is 0 Å². The van der Waals surface area contributed by atoms with E-state index < -0.39 is 0 Å². The number of nitrogens with one attached hydrogen (secondary N) is 1. The van der Waals surface area contributed by atoms with Crippen LogP contribution in [0, 0.1) is 17.1 Å². The van der Waals surface area contributed by atoms with Crippen molar-refractivity contribution >= 4 is 34.5 Å². The number of amides is 1. The van der Waals surface area contributed by atoms with Crippen LogP contribution in [-0.2, 0) is 11.2 Å². The molecule has 0 fully saturated rings. The molecule has 0 unspecified atom stereocenters. The molecule has 0 aliphatic heterocycles. The van der Waals surface area contributed by atoms with Gasteiger partial charge in [0.25, 0.3) is 0 Å². The number of aromatic nitrogens is 1. The molecule has 1 amide bonds. The highest BCUT2D eigenvalue weighted by molar-refractivity contribution is 7.13. The van der Waals surface area contributed by atoms with Crippen molar-refractivity contribution in [1.82, 2.24) is 4.98 Å². The van der Waals surface area contributed by atoms with E-state index in [4.69, 9.17) is 16.9 Å². The van der Waals surface area contributed by atoms with Crippen LogP contribution >= 0.6 is 22.9 Å². The van der Waals surface area contributed by atoms with E-state index >= 15 is 0 Å². The molecule has 0 bridgehead atoms. The van der Waals surface area contributed by atoms with Crippen molar-refractivity contribution in [2.75, 3.05) is 5.32 Å². The minimum Gasteiger partial charge on any atom is -0.326 e. The lowest BCUT2D eigenvalue weighted by atomic mass is 10.2. The molecule has 124 valence electrons. The Labute approximate surface area is 152 Å². The second-order valence-corrected chi connectivity index (χ2v) is 6.45. The van der Waals surface area contributed by atoms with E-state index in [0.29, 0.717) is 32.5 Å². The van der Waals surface area contributed by atoms with Crippen LogP contribution in [0.25, 0.3) is 10.6 Å². The Morgan fingerprint density at radius 1 is 1.32 bits per heavy atom. The van der Waals surface area contributed by atoms with Crippen LogP contribution in [0.1, 0.15) is 11.3 Å². The number of anilines is 1. The van der Waals surface area contributed by atoms with Crippen molar-refractivity contribution in [1.29, 1.82) is 5.26 Å². The van der Waals surface area contributed by atoms with E-state index in [1.54, 1.807) is 29.6 Å². The van der Waals surface area contributed by atoms with Gasteiger partial charge in [-0.15, -0.1) is 11.3 Å². The fraction of sp³-hybridized carbons (Fsp3) is 0.0556. The molecule has 0 saturated carbocycles. The van der Waals surface area contributed by atoms with Crippen LogP contribution in [0.15, 0.2) is 47.8 Å².